The van der Waals surface area contributed by atoms with Crippen molar-refractivity contribution in [3.8, 4) is 0 Å². The van der Waals surface area contributed by atoms with E-state index in [-0.39, 0.29) is 24.1 Å². The molecule has 28 heavy (non-hydrogen) atoms. The van der Waals surface area contributed by atoms with Crippen LogP contribution in [0.4, 0.5) is 5.69 Å². The summed E-state index contributed by atoms with van der Waals surface area (Å²) in [7, 11) is 3.86. The number of carboxylic acids is 1. The number of hydrogen-bond acceptors (Lipinski definition) is 6. The fourth-order valence-corrected chi connectivity index (χ4v) is 3.23. The average Bonchev–Trinajstić information content (AvgIpc) is 2.62. The minimum atomic E-state index is -0.851. The molecule has 0 spiro atoms. The van der Waals surface area contributed by atoms with E-state index in [1.54, 1.807) is 0 Å². The minimum absolute atomic E-state index is 0.0781. The zero-order valence-electron chi connectivity index (χ0n) is 16.2. The summed E-state index contributed by atoms with van der Waals surface area (Å²) in [6.07, 6.45) is 1.74. The summed E-state index contributed by atoms with van der Waals surface area (Å²) < 4.78 is 1.10. The highest BCUT2D eigenvalue weighted by atomic mass is 16.4. The summed E-state index contributed by atoms with van der Waals surface area (Å²) in [5, 5.41) is 8.66. The first-order valence-corrected chi connectivity index (χ1v) is 9.12. The number of benzene rings is 1. The number of aliphatic carboxylic acids is 1. The lowest BCUT2D eigenvalue weighted by atomic mass is 10.1. The summed E-state index contributed by atoms with van der Waals surface area (Å²) in [5.74, 6) is -0.851. The zero-order valence-corrected chi connectivity index (χ0v) is 16.2. The Kier molecular flexibility index (Phi) is 5.43. The van der Waals surface area contributed by atoms with Crippen molar-refractivity contribution in [2.75, 3.05) is 19.0 Å². The molecule has 0 aliphatic heterocycles. The van der Waals surface area contributed by atoms with E-state index in [0.29, 0.717) is 30.3 Å². The number of carbonyl (C=O) groups is 1. The lowest BCUT2D eigenvalue weighted by Crippen LogP contribution is -2.35. The number of anilines is 1. The van der Waals surface area contributed by atoms with Gasteiger partial charge in [0.05, 0.1) is 11.0 Å². The van der Waals surface area contributed by atoms with Crippen LogP contribution in [0.5, 0.6) is 0 Å². The molecule has 2 aromatic heterocycles. The highest BCUT2D eigenvalue weighted by molar-refractivity contribution is 5.87. The quantitative estimate of drug-likeness (QED) is 0.468. The second kappa shape index (κ2) is 7.79. The van der Waals surface area contributed by atoms with Crippen LogP contribution in [0.2, 0.25) is 0 Å². The number of nitrogens with one attached hydrogen (secondary N) is 1. The molecule has 3 rings (SSSR count). The fraction of sp³-hybridized carbons (Fsp3) is 0.421. The number of nitrogens with zero attached hydrogens (tertiary/aromatic N) is 4. The average molecular weight is 385 g/mol. The molecule has 2 N–H and O–H groups in total. The molecule has 0 aliphatic rings. The minimum Gasteiger partial charge on any atom is -0.481 e. The van der Waals surface area contributed by atoms with Gasteiger partial charge < -0.3 is 10.0 Å². The molecule has 0 atom stereocenters. The molecule has 0 aliphatic carbocycles. The summed E-state index contributed by atoms with van der Waals surface area (Å²) in [4.78, 5) is 49.1. The van der Waals surface area contributed by atoms with Gasteiger partial charge in [0.25, 0.3) is 5.56 Å². The van der Waals surface area contributed by atoms with Gasteiger partial charge in [0.2, 0.25) is 0 Å². The Morgan fingerprint density at radius 2 is 1.86 bits per heavy atom. The van der Waals surface area contributed by atoms with Gasteiger partial charge in [-0.1, -0.05) is 6.42 Å². The van der Waals surface area contributed by atoms with Gasteiger partial charge in [0.1, 0.15) is 0 Å². The van der Waals surface area contributed by atoms with Gasteiger partial charge in [0.15, 0.2) is 11.2 Å². The van der Waals surface area contributed by atoms with E-state index >= 15 is 0 Å². The molecule has 0 saturated heterocycles. The third-order valence-corrected chi connectivity index (χ3v) is 4.65. The van der Waals surface area contributed by atoms with Crippen LogP contribution in [0.1, 0.15) is 31.2 Å². The van der Waals surface area contributed by atoms with Crippen molar-refractivity contribution >= 4 is 33.9 Å². The summed E-state index contributed by atoms with van der Waals surface area (Å²) in [5.41, 5.74) is 2.45. The van der Waals surface area contributed by atoms with Crippen LogP contribution in [0.15, 0.2) is 21.7 Å². The standard InChI is InChI=1S/C19H23N5O4/c1-11-9-12-13(10-14(11)23(2)3)21-17-16(20-12)18(27)24(19(28)22-17)8-6-4-5-7-15(25)26/h9-10H,4-8H2,1-3H3,(H,25,26)(H,21,22,28). The van der Waals surface area contributed by atoms with Crippen LogP contribution in [0.3, 0.4) is 0 Å². The first-order chi connectivity index (χ1) is 13.3. The molecule has 0 saturated carbocycles. The van der Waals surface area contributed by atoms with E-state index in [0.717, 1.165) is 15.8 Å². The van der Waals surface area contributed by atoms with Gasteiger partial charge in [-0.3, -0.25) is 19.1 Å². The molecule has 9 nitrogen and oxygen atoms in total. The molecule has 2 heterocycles. The van der Waals surface area contributed by atoms with Gasteiger partial charge in [0, 0.05) is 32.7 Å². The second-order valence-electron chi connectivity index (χ2n) is 7.03. The lowest BCUT2D eigenvalue weighted by Gasteiger charge is -2.16. The Balaban J connectivity index is 1.99. The SMILES string of the molecule is Cc1cc2nc3c(=O)n(CCCCCC(=O)O)c(=O)[nH]c3nc2cc1N(C)C. The van der Waals surface area contributed by atoms with Crippen molar-refractivity contribution in [2.24, 2.45) is 0 Å². The van der Waals surface area contributed by atoms with Crippen molar-refractivity contribution < 1.29 is 9.90 Å². The maximum absolute atomic E-state index is 12.8. The number of rotatable bonds is 7. The van der Waals surface area contributed by atoms with E-state index in [4.69, 9.17) is 5.11 Å². The fourth-order valence-electron chi connectivity index (χ4n) is 3.23. The number of aromatic amines is 1. The summed E-state index contributed by atoms with van der Waals surface area (Å²) in [6.45, 7) is 2.17. The van der Waals surface area contributed by atoms with E-state index in [1.165, 1.54) is 0 Å². The first-order valence-electron chi connectivity index (χ1n) is 9.12. The maximum atomic E-state index is 12.8. The largest absolute Gasteiger partial charge is 0.481 e. The van der Waals surface area contributed by atoms with Crippen LogP contribution < -0.4 is 16.1 Å². The summed E-state index contributed by atoms with van der Waals surface area (Å²) in [6, 6.07) is 3.75. The van der Waals surface area contributed by atoms with Gasteiger partial charge in [-0.2, -0.15) is 0 Å². The Morgan fingerprint density at radius 3 is 2.54 bits per heavy atom. The van der Waals surface area contributed by atoms with Crippen LogP contribution in [0, 0.1) is 6.92 Å². The van der Waals surface area contributed by atoms with E-state index in [9.17, 15) is 14.4 Å². The number of H-pyrrole nitrogens is 1. The molecular weight excluding hydrogens is 362 g/mol. The van der Waals surface area contributed by atoms with Crippen molar-refractivity contribution in [2.45, 2.75) is 39.2 Å². The Morgan fingerprint density at radius 1 is 1.14 bits per heavy atom. The molecule has 9 heteroatoms. The van der Waals surface area contributed by atoms with Gasteiger partial charge in [-0.15, -0.1) is 0 Å². The van der Waals surface area contributed by atoms with Crippen LogP contribution in [0.25, 0.3) is 22.2 Å². The van der Waals surface area contributed by atoms with Crippen LogP contribution in [-0.2, 0) is 11.3 Å². The van der Waals surface area contributed by atoms with E-state index in [1.807, 2.05) is 38.1 Å². The molecule has 0 radical (unpaired) electrons. The predicted molar refractivity (Wildman–Crippen MR) is 107 cm³/mol. The molecule has 3 aromatic rings. The maximum Gasteiger partial charge on any atom is 0.330 e. The van der Waals surface area contributed by atoms with Gasteiger partial charge in [-0.05, 0) is 37.5 Å². The molecule has 0 fully saturated rings. The predicted octanol–water partition coefficient (Wildman–Crippen LogP) is 1.65. The number of unbranched alkanes of at least 4 members (excludes halogenated alkanes) is 2. The monoisotopic (exact) mass is 385 g/mol. The lowest BCUT2D eigenvalue weighted by molar-refractivity contribution is -0.137. The van der Waals surface area contributed by atoms with Crippen LogP contribution >= 0.6 is 0 Å². The van der Waals surface area contributed by atoms with Gasteiger partial charge >= 0.3 is 11.7 Å². The van der Waals surface area contributed by atoms with Crippen molar-refractivity contribution in [3.63, 3.8) is 0 Å². The molecular formula is C19H23N5O4. The Hall–Kier alpha value is -3.23. The Labute approximate surface area is 160 Å². The number of hydrogen-bond donors (Lipinski definition) is 2. The molecule has 1 aromatic carbocycles. The van der Waals surface area contributed by atoms with Crippen LogP contribution in [-0.4, -0.2) is 44.7 Å². The van der Waals surface area contributed by atoms with Crippen molar-refractivity contribution in [3.05, 3.63) is 38.5 Å². The highest BCUT2D eigenvalue weighted by Crippen LogP contribution is 2.23. The third kappa shape index (κ3) is 3.88. The normalized spacial score (nSPS) is 11.2. The molecule has 0 amide bonds. The number of fused-ring (bicyclic) bond motifs is 2. The smallest absolute Gasteiger partial charge is 0.330 e. The topological polar surface area (TPSA) is 121 Å². The third-order valence-electron chi connectivity index (χ3n) is 4.65. The Bertz CT molecular complexity index is 1160. The van der Waals surface area contributed by atoms with Crippen molar-refractivity contribution in [1.82, 2.24) is 19.5 Å². The molecule has 0 bridgehead atoms. The van der Waals surface area contributed by atoms with Crippen molar-refractivity contribution in [1.29, 1.82) is 0 Å². The van der Waals surface area contributed by atoms with E-state index < -0.39 is 17.2 Å². The number of aryl methyl sites for hydroxylation is 1. The molecule has 148 valence electrons. The number of aromatic nitrogens is 4. The number of carboxylic acid groups (broad SMARTS) is 1. The first kappa shape index (κ1) is 19.5. The van der Waals surface area contributed by atoms with E-state index in [2.05, 4.69) is 15.0 Å². The zero-order chi connectivity index (χ0) is 20.4. The highest BCUT2D eigenvalue weighted by Gasteiger charge is 2.13. The molecule has 0 unspecified atom stereocenters. The second-order valence-corrected chi connectivity index (χ2v) is 7.03. The van der Waals surface area contributed by atoms with Gasteiger partial charge in [-0.25, -0.2) is 14.8 Å². The summed E-state index contributed by atoms with van der Waals surface area (Å²) >= 11 is 0.